The highest BCUT2D eigenvalue weighted by Gasteiger charge is 2.55. The maximum atomic E-state index is 14.6. The summed E-state index contributed by atoms with van der Waals surface area (Å²) in [5, 5.41) is 4.76. The minimum atomic E-state index is -1.04. The van der Waals surface area contributed by atoms with E-state index >= 15 is 0 Å². The van der Waals surface area contributed by atoms with Crippen LogP contribution in [-0.4, -0.2) is 72.1 Å². The molecule has 11 heteroatoms. The second-order valence-corrected chi connectivity index (χ2v) is 16.0. The SMILES string of the molecule is CCC[C@H](CC(=O)[C@@H]1C[C@]2(CC(c3cc(Cl)c(OC)cc3OC)=NO2)CN1C(=O)[C@@H](CC(=O)CC(C)(C)C)C(C)(C)C)C(=O)C(=O)CC. The first-order valence-corrected chi connectivity index (χ1v) is 17.3. The van der Waals surface area contributed by atoms with E-state index in [-0.39, 0.29) is 61.5 Å². The fourth-order valence-electron chi connectivity index (χ4n) is 6.72. The lowest BCUT2D eigenvalue weighted by molar-refractivity contribution is -0.147. The zero-order chi connectivity index (χ0) is 36.2. The van der Waals surface area contributed by atoms with Crippen molar-refractivity contribution in [1.29, 1.82) is 0 Å². The average Bonchev–Trinajstić information content (AvgIpc) is 3.60. The zero-order valence-electron chi connectivity index (χ0n) is 30.3. The Morgan fingerprint density at radius 1 is 1.02 bits per heavy atom. The Labute approximate surface area is 290 Å². The van der Waals surface area contributed by atoms with Gasteiger partial charge in [0.25, 0.3) is 0 Å². The van der Waals surface area contributed by atoms with Crippen molar-refractivity contribution in [1.82, 2.24) is 4.90 Å². The third-order valence-electron chi connectivity index (χ3n) is 9.23. The van der Waals surface area contributed by atoms with Gasteiger partial charge in [-0.25, -0.2) is 0 Å². The lowest BCUT2D eigenvalue weighted by atomic mass is 9.75. The van der Waals surface area contributed by atoms with Gasteiger partial charge in [0, 0.05) is 62.0 Å². The van der Waals surface area contributed by atoms with E-state index < -0.39 is 40.5 Å². The summed E-state index contributed by atoms with van der Waals surface area (Å²) in [6.07, 6.45) is 1.65. The number of hydrogen-bond acceptors (Lipinski definition) is 9. The van der Waals surface area contributed by atoms with Crippen molar-refractivity contribution >= 4 is 46.4 Å². The molecule has 2 aliphatic rings. The number of amides is 1. The Morgan fingerprint density at radius 2 is 1.67 bits per heavy atom. The quantitative estimate of drug-likeness (QED) is 0.184. The van der Waals surface area contributed by atoms with Crippen LogP contribution in [0, 0.1) is 22.7 Å². The van der Waals surface area contributed by atoms with Crippen LogP contribution >= 0.6 is 11.6 Å². The molecule has 0 N–H and O–H groups in total. The van der Waals surface area contributed by atoms with Gasteiger partial charge < -0.3 is 19.2 Å². The molecule has 2 aliphatic heterocycles. The summed E-state index contributed by atoms with van der Waals surface area (Å²) in [6, 6.07) is 2.41. The fourth-order valence-corrected chi connectivity index (χ4v) is 6.96. The highest BCUT2D eigenvalue weighted by atomic mass is 35.5. The summed E-state index contributed by atoms with van der Waals surface area (Å²) in [7, 11) is 3.03. The number of benzene rings is 1. The van der Waals surface area contributed by atoms with E-state index in [4.69, 9.17) is 25.9 Å². The number of carbonyl (C=O) groups excluding carboxylic acids is 5. The van der Waals surface area contributed by atoms with Crippen molar-refractivity contribution in [2.75, 3.05) is 20.8 Å². The number of methoxy groups -OCH3 is 2. The molecule has 3 rings (SSSR count). The summed E-state index contributed by atoms with van der Waals surface area (Å²) in [6.45, 7) is 15.3. The summed E-state index contributed by atoms with van der Waals surface area (Å²) in [5.74, 6) is -2.27. The highest BCUT2D eigenvalue weighted by Crippen LogP contribution is 2.44. The van der Waals surface area contributed by atoms with Gasteiger partial charge in [0.15, 0.2) is 17.2 Å². The molecule has 48 heavy (non-hydrogen) atoms. The number of likely N-dealkylation sites (tertiary alicyclic amines) is 1. The van der Waals surface area contributed by atoms with E-state index in [1.54, 1.807) is 19.1 Å². The maximum absolute atomic E-state index is 14.6. The van der Waals surface area contributed by atoms with E-state index in [2.05, 4.69) is 5.16 Å². The monoisotopic (exact) mass is 688 g/mol. The van der Waals surface area contributed by atoms with Gasteiger partial charge in [-0.05, 0) is 23.3 Å². The van der Waals surface area contributed by atoms with Crippen LogP contribution in [-0.2, 0) is 28.8 Å². The number of Topliss-reactive ketones (excluding diaryl/α,β-unsaturated/α-hetero) is 4. The third kappa shape index (κ3) is 9.24. The third-order valence-corrected chi connectivity index (χ3v) is 9.53. The summed E-state index contributed by atoms with van der Waals surface area (Å²) in [4.78, 5) is 75.0. The molecule has 0 aromatic heterocycles. The summed E-state index contributed by atoms with van der Waals surface area (Å²) in [5.41, 5.74) is -0.735. The van der Waals surface area contributed by atoms with Crippen molar-refractivity contribution in [3.63, 3.8) is 0 Å². The lowest BCUT2D eigenvalue weighted by Crippen LogP contribution is -2.48. The van der Waals surface area contributed by atoms with Crippen LogP contribution < -0.4 is 9.47 Å². The zero-order valence-corrected chi connectivity index (χ0v) is 31.0. The molecule has 1 amide bonds. The molecule has 1 fully saturated rings. The lowest BCUT2D eigenvalue weighted by Gasteiger charge is -2.35. The highest BCUT2D eigenvalue weighted by molar-refractivity contribution is 6.38. The first-order chi connectivity index (χ1) is 22.3. The van der Waals surface area contributed by atoms with Crippen molar-refractivity contribution in [2.24, 2.45) is 27.8 Å². The van der Waals surface area contributed by atoms with Crippen LogP contribution in [0.2, 0.25) is 5.02 Å². The van der Waals surface area contributed by atoms with Crippen LogP contribution in [0.4, 0.5) is 0 Å². The summed E-state index contributed by atoms with van der Waals surface area (Å²) < 4.78 is 10.9. The molecule has 1 spiro atoms. The number of ether oxygens (including phenoxy) is 2. The van der Waals surface area contributed by atoms with Crippen molar-refractivity contribution in [3.05, 3.63) is 22.7 Å². The summed E-state index contributed by atoms with van der Waals surface area (Å²) >= 11 is 6.46. The second-order valence-electron chi connectivity index (χ2n) is 15.6. The normalized spacial score (nSPS) is 20.6. The molecule has 1 saturated heterocycles. The molecule has 0 unspecified atom stereocenters. The minimum absolute atomic E-state index is 0.0227. The van der Waals surface area contributed by atoms with Gasteiger partial charge in [-0.15, -0.1) is 0 Å². The second kappa shape index (κ2) is 15.5. The fraction of sp³-hybridized carbons (Fsp3) is 0.676. The number of hydrogen-bond donors (Lipinski definition) is 0. The molecular formula is C37H53ClN2O8. The largest absolute Gasteiger partial charge is 0.496 e. The Morgan fingerprint density at radius 3 is 2.21 bits per heavy atom. The van der Waals surface area contributed by atoms with Crippen molar-refractivity contribution in [2.45, 2.75) is 118 Å². The first kappa shape index (κ1) is 39.2. The molecule has 0 bridgehead atoms. The Kier molecular flexibility index (Phi) is 12.7. The molecule has 0 aliphatic carbocycles. The van der Waals surface area contributed by atoms with E-state index in [1.165, 1.54) is 19.1 Å². The molecule has 4 atom stereocenters. The number of nitrogens with zero attached hydrogens (tertiary/aromatic N) is 2. The predicted molar refractivity (Wildman–Crippen MR) is 185 cm³/mol. The Bertz CT molecular complexity index is 1440. The Hall–Kier alpha value is -3.27. The smallest absolute Gasteiger partial charge is 0.227 e. The van der Waals surface area contributed by atoms with Gasteiger partial charge in [-0.3, -0.25) is 24.0 Å². The minimum Gasteiger partial charge on any atom is -0.496 e. The molecule has 2 heterocycles. The van der Waals surface area contributed by atoms with Crippen molar-refractivity contribution in [3.8, 4) is 11.5 Å². The van der Waals surface area contributed by atoms with Crippen LogP contribution in [0.25, 0.3) is 0 Å². The molecule has 0 saturated carbocycles. The molecule has 1 aromatic carbocycles. The van der Waals surface area contributed by atoms with E-state index in [9.17, 15) is 24.0 Å². The Balaban J connectivity index is 2.01. The van der Waals surface area contributed by atoms with Gasteiger partial charge in [0.2, 0.25) is 11.7 Å². The van der Waals surface area contributed by atoms with Crippen LogP contribution in [0.3, 0.4) is 0 Å². The van der Waals surface area contributed by atoms with E-state index in [1.807, 2.05) is 48.5 Å². The van der Waals surface area contributed by atoms with E-state index in [0.29, 0.717) is 47.1 Å². The number of oxime groups is 1. The van der Waals surface area contributed by atoms with Gasteiger partial charge in [0.1, 0.15) is 17.3 Å². The number of carbonyl (C=O) groups is 5. The van der Waals surface area contributed by atoms with Gasteiger partial charge >= 0.3 is 0 Å². The first-order valence-electron chi connectivity index (χ1n) is 16.9. The van der Waals surface area contributed by atoms with Crippen LogP contribution in [0.1, 0.15) is 112 Å². The molecule has 1 aromatic rings. The van der Waals surface area contributed by atoms with Gasteiger partial charge in [0.05, 0.1) is 37.5 Å². The van der Waals surface area contributed by atoms with E-state index in [0.717, 1.165) is 0 Å². The van der Waals surface area contributed by atoms with Crippen LogP contribution in [0.5, 0.6) is 11.5 Å². The predicted octanol–water partition coefficient (Wildman–Crippen LogP) is 6.80. The molecule has 0 radical (unpaired) electrons. The molecular weight excluding hydrogens is 636 g/mol. The van der Waals surface area contributed by atoms with Crippen molar-refractivity contribution < 1.29 is 38.3 Å². The number of ketones is 4. The van der Waals surface area contributed by atoms with Crippen LogP contribution in [0.15, 0.2) is 17.3 Å². The topological polar surface area (TPSA) is 129 Å². The maximum Gasteiger partial charge on any atom is 0.227 e. The molecule has 10 nitrogen and oxygen atoms in total. The number of halogens is 1. The standard InChI is InChI=1S/C37H53ClN2O8/c1-11-13-22(33(44)29(42)12-2)14-30(43)28-20-37(19-27(39-48-37)24-16-26(38)32(47-10)17-31(24)46-9)21-40(28)34(45)25(36(6,7)8)15-23(41)18-35(3,4)5/h16-17,22,25,28H,11-15,18-21H2,1-10H3/t22-,25-,28+,37-/m1/s1. The van der Waals surface area contributed by atoms with Gasteiger partial charge in [-0.1, -0.05) is 78.6 Å². The van der Waals surface area contributed by atoms with Gasteiger partial charge in [-0.2, -0.15) is 0 Å². The molecule has 266 valence electrons. The number of rotatable bonds is 15. The average molecular weight is 689 g/mol.